The zero-order valence-electron chi connectivity index (χ0n) is 9.19. The van der Waals surface area contributed by atoms with Gasteiger partial charge in [-0.25, -0.2) is 4.98 Å². The topological polar surface area (TPSA) is 47.3 Å². The standard InChI is InChI=1S/C12H14N2O2/c1-8-3-2-4-10-11(8)14-12(16-10)9-7-15-6-5-13-9/h2-4,9,13H,5-7H2,1H3. The highest BCUT2D eigenvalue weighted by atomic mass is 16.5. The van der Waals surface area contributed by atoms with Crippen molar-refractivity contribution in [2.24, 2.45) is 0 Å². The van der Waals surface area contributed by atoms with E-state index in [2.05, 4.69) is 10.3 Å². The molecule has 4 nitrogen and oxygen atoms in total. The van der Waals surface area contributed by atoms with Crippen molar-refractivity contribution in [1.29, 1.82) is 0 Å². The van der Waals surface area contributed by atoms with E-state index in [1.54, 1.807) is 0 Å². The lowest BCUT2D eigenvalue weighted by molar-refractivity contribution is 0.0687. The molecule has 1 unspecified atom stereocenters. The van der Waals surface area contributed by atoms with E-state index < -0.39 is 0 Å². The zero-order chi connectivity index (χ0) is 11.0. The Morgan fingerprint density at radius 3 is 3.12 bits per heavy atom. The van der Waals surface area contributed by atoms with Crippen molar-refractivity contribution >= 4 is 11.1 Å². The van der Waals surface area contributed by atoms with Gasteiger partial charge in [-0.05, 0) is 18.6 Å². The second-order valence-electron chi connectivity index (χ2n) is 4.06. The lowest BCUT2D eigenvalue weighted by Crippen LogP contribution is -2.34. The molecule has 0 spiro atoms. The van der Waals surface area contributed by atoms with Gasteiger partial charge in [0, 0.05) is 6.54 Å². The van der Waals surface area contributed by atoms with Crippen LogP contribution in [0.2, 0.25) is 0 Å². The van der Waals surface area contributed by atoms with Crippen molar-refractivity contribution in [1.82, 2.24) is 10.3 Å². The fraction of sp³-hybridized carbons (Fsp3) is 0.417. The van der Waals surface area contributed by atoms with Gasteiger partial charge in [0.15, 0.2) is 5.58 Å². The fourth-order valence-corrected chi connectivity index (χ4v) is 1.98. The first-order chi connectivity index (χ1) is 7.84. The second-order valence-corrected chi connectivity index (χ2v) is 4.06. The van der Waals surface area contributed by atoms with Crippen LogP contribution < -0.4 is 5.32 Å². The SMILES string of the molecule is Cc1cccc2oc(C3COCCN3)nc12. The molecule has 4 heteroatoms. The number of morpholine rings is 1. The lowest BCUT2D eigenvalue weighted by Gasteiger charge is -2.20. The van der Waals surface area contributed by atoms with Crippen molar-refractivity contribution in [3.8, 4) is 0 Å². The summed E-state index contributed by atoms with van der Waals surface area (Å²) in [5.74, 6) is 0.726. The summed E-state index contributed by atoms with van der Waals surface area (Å²) in [6, 6.07) is 6.06. The van der Waals surface area contributed by atoms with Gasteiger partial charge in [0.05, 0.1) is 13.2 Å². The van der Waals surface area contributed by atoms with E-state index in [0.717, 1.165) is 35.7 Å². The van der Waals surface area contributed by atoms with E-state index in [0.29, 0.717) is 6.61 Å². The maximum absolute atomic E-state index is 5.73. The Labute approximate surface area is 93.6 Å². The average Bonchev–Trinajstić information content (AvgIpc) is 2.76. The van der Waals surface area contributed by atoms with Crippen LogP contribution in [-0.4, -0.2) is 24.7 Å². The molecular formula is C12H14N2O2. The molecule has 1 saturated heterocycles. The van der Waals surface area contributed by atoms with Crippen molar-refractivity contribution < 1.29 is 9.15 Å². The number of aryl methyl sites for hydroxylation is 1. The summed E-state index contributed by atoms with van der Waals surface area (Å²) in [6.45, 7) is 4.28. The van der Waals surface area contributed by atoms with Gasteiger partial charge >= 0.3 is 0 Å². The molecule has 1 aromatic heterocycles. The van der Waals surface area contributed by atoms with Crippen LogP contribution in [0.25, 0.3) is 11.1 Å². The van der Waals surface area contributed by atoms with E-state index in [9.17, 15) is 0 Å². The number of ether oxygens (including phenoxy) is 1. The van der Waals surface area contributed by atoms with Crippen LogP contribution in [-0.2, 0) is 4.74 Å². The summed E-state index contributed by atoms with van der Waals surface area (Å²) in [4.78, 5) is 4.53. The first-order valence-electron chi connectivity index (χ1n) is 5.52. The zero-order valence-corrected chi connectivity index (χ0v) is 9.19. The molecule has 84 valence electrons. The molecule has 0 amide bonds. The van der Waals surface area contributed by atoms with E-state index >= 15 is 0 Å². The maximum atomic E-state index is 5.73. The number of oxazole rings is 1. The number of nitrogens with zero attached hydrogens (tertiary/aromatic N) is 1. The van der Waals surface area contributed by atoms with Crippen molar-refractivity contribution in [3.05, 3.63) is 29.7 Å². The summed E-state index contributed by atoms with van der Waals surface area (Å²) in [5.41, 5.74) is 2.94. The molecule has 1 fully saturated rings. The number of para-hydroxylation sites is 1. The van der Waals surface area contributed by atoms with E-state index in [1.807, 2.05) is 25.1 Å². The highest BCUT2D eigenvalue weighted by Crippen LogP contribution is 2.23. The summed E-state index contributed by atoms with van der Waals surface area (Å²) < 4.78 is 11.1. The number of fused-ring (bicyclic) bond motifs is 1. The van der Waals surface area contributed by atoms with Gasteiger partial charge in [0.2, 0.25) is 5.89 Å². The first kappa shape index (κ1) is 9.81. The minimum Gasteiger partial charge on any atom is -0.439 e. The van der Waals surface area contributed by atoms with Gasteiger partial charge in [-0.15, -0.1) is 0 Å². The Kier molecular flexibility index (Phi) is 2.38. The van der Waals surface area contributed by atoms with Crippen LogP contribution in [0.3, 0.4) is 0 Å². The Bertz CT molecular complexity index is 501. The third-order valence-electron chi connectivity index (χ3n) is 2.86. The van der Waals surface area contributed by atoms with Crippen LogP contribution >= 0.6 is 0 Å². The quantitative estimate of drug-likeness (QED) is 0.792. The van der Waals surface area contributed by atoms with Crippen LogP contribution in [0.15, 0.2) is 22.6 Å². The molecule has 0 radical (unpaired) electrons. The predicted octanol–water partition coefficient (Wildman–Crippen LogP) is 1.80. The number of benzene rings is 1. The summed E-state index contributed by atoms with van der Waals surface area (Å²) in [7, 11) is 0. The molecule has 1 aromatic carbocycles. The number of hydrogen-bond donors (Lipinski definition) is 1. The molecule has 3 rings (SSSR count). The van der Waals surface area contributed by atoms with Crippen LogP contribution in [0.5, 0.6) is 0 Å². The summed E-state index contributed by atoms with van der Waals surface area (Å²) in [5, 5.41) is 3.33. The Balaban J connectivity index is 2.01. The minimum absolute atomic E-state index is 0.0838. The molecule has 1 aliphatic heterocycles. The average molecular weight is 218 g/mol. The summed E-state index contributed by atoms with van der Waals surface area (Å²) >= 11 is 0. The molecule has 0 bridgehead atoms. The van der Waals surface area contributed by atoms with Crippen molar-refractivity contribution in [2.75, 3.05) is 19.8 Å². The second kappa shape index (κ2) is 3.88. The molecule has 1 atom stereocenters. The monoisotopic (exact) mass is 218 g/mol. The Morgan fingerprint density at radius 1 is 1.44 bits per heavy atom. The van der Waals surface area contributed by atoms with E-state index in [1.165, 1.54) is 0 Å². The van der Waals surface area contributed by atoms with E-state index in [4.69, 9.17) is 9.15 Å². The molecule has 0 saturated carbocycles. The van der Waals surface area contributed by atoms with Gasteiger partial charge in [-0.3, -0.25) is 0 Å². The third-order valence-corrected chi connectivity index (χ3v) is 2.86. The lowest BCUT2D eigenvalue weighted by atomic mass is 10.2. The highest BCUT2D eigenvalue weighted by molar-refractivity contribution is 5.76. The van der Waals surface area contributed by atoms with Gasteiger partial charge in [-0.1, -0.05) is 12.1 Å². The molecular weight excluding hydrogens is 204 g/mol. The van der Waals surface area contributed by atoms with Crippen LogP contribution in [0.4, 0.5) is 0 Å². The smallest absolute Gasteiger partial charge is 0.215 e. The molecule has 2 aromatic rings. The first-order valence-corrected chi connectivity index (χ1v) is 5.52. The van der Waals surface area contributed by atoms with Crippen LogP contribution in [0.1, 0.15) is 17.5 Å². The number of rotatable bonds is 1. The molecule has 0 aliphatic carbocycles. The van der Waals surface area contributed by atoms with Crippen molar-refractivity contribution in [3.63, 3.8) is 0 Å². The molecule has 1 aliphatic rings. The number of hydrogen-bond acceptors (Lipinski definition) is 4. The number of aromatic nitrogens is 1. The molecule has 2 heterocycles. The fourth-order valence-electron chi connectivity index (χ4n) is 1.98. The Hall–Kier alpha value is -1.39. The third kappa shape index (κ3) is 1.60. The normalized spacial score (nSPS) is 21.4. The van der Waals surface area contributed by atoms with Gasteiger partial charge in [0.25, 0.3) is 0 Å². The largest absolute Gasteiger partial charge is 0.439 e. The Morgan fingerprint density at radius 2 is 2.38 bits per heavy atom. The van der Waals surface area contributed by atoms with Gasteiger partial charge in [0.1, 0.15) is 11.6 Å². The predicted molar refractivity (Wildman–Crippen MR) is 60.3 cm³/mol. The van der Waals surface area contributed by atoms with Crippen LogP contribution in [0, 0.1) is 6.92 Å². The molecule has 1 N–H and O–H groups in total. The molecule has 16 heavy (non-hydrogen) atoms. The van der Waals surface area contributed by atoms with Gasteiger partial charge in [-0.2, -0.15) is 0 Å². The van der Waals surface area contributed by atoms with Gasteiger partial charge < -0.3 is 14.5 Å². The highest BCUT2D eigenvalue weighted by Gasteiger charge is 2.21. The van der Waals surface area contributed by atoms with E-state index in [-0.39, 0.29) is 6.04 Å². The maximum Gasteiger partial charge on any atom is 0.215 e. The van der Waals surface area contributed by atoms with Crippen molar-refractivity contribution in [2.45, 2.75) is 13.0 Å². The number of nitrogens with one attached hydrogen (secondary N) is 1. The minimum atomic E-state index is 0.0838. The summed E-state index contributed by atoms with van der Waals surface area (Å²) in [6.07, 6.45) is 0.